The third-order valence-corrected chi connectivity index (χ3v) is 4.87. The number of amides is 2. The van der Waals surface area contributed by atoms with Crippen molar-refractivity contribution in [1.82, 2.24) is 19.9 Å². The quantitative estimate of drug-likeness (QED) is 0.492. The van der Waals surface area contributed by atoms with Crippen LogP contribution in [0, 0.1) is 6.92 Å². The van der Waals surface area contributed by atoms with Crippen LogP contribution in [0.2, 0.25) is 0 Å². The highest BCUT2D eigenvalue weighted by molar-refractivity contribution is 6.01. The van der Waals surface area contributed by atoms with Gasteiger partial charge in [0, 0.05) is 18.0 Å². The summed E-state index contributed by atoms with van der Waals surface area (Å²) in [6.45, 7) is 6.84. The molecule has 0 bridgehead atoms. The minimum absolute atomic E-state index is 0.0241. The van der Waals surface area contributed by atoms with Crippen LogP contribution in [0.25, 0.3) is 11.1 Å². The summed E-state index contributed by atoms with van der Waals surface area (Å²) >= 11 is 0. The zero-order valence-corrected chi connectivity index (χ0v) is 20.9. The molecule has 0 spiro atoms. The fourth-order valence-electron chi connectivity index (χ4n) is 3.28. The maximum atomic E-state index is 13.1. The highest BCUT2D eigenvalue weighted by atomic mass is 16.6. The number of rotatable bonds is 7. The molecular weight excluding hydrogens is 462 g/mol. The van der Waals surface area contributed by atoms with E-state index in [1.54, 1.807) is 45.3 Å². The monoisotopic (exact) mass is 491 g/mol. The largest absolute Gasteiger partial charge is 0.464 e. The number of nitrogens with one attached hydrogen (secondary N) is 1. The summed E-state index contributed by atoms with van der Waals surface area (Å²) < 4.78 is 10.3. The Hall–Kier alpha value is -4.34. The molecule has 0 aliphatic carbocycles. The average molecular weight is 492 g/mol. The van der Waals surface area contributed by atoms with Crippen molar-refractivity contribution in [3.63, 3.8) is 0 Å². The van der Waals surface area contributed by atoms with Crippen LogP contribution in [0.1, 0.15) is 42.5 Å². The van der Waals surface area contributed by atoms with Gasteiger partial charge in [0.1, 0.15) is 18.5 Å². The molecule has 3 rings (SSSR count). The topological polar surface area (TPSA) is 124 Å². The molecule has 36 heavy (non-hydrogen) atoms. The van der Waals surface area contributed by atoms with E-state index in [1.807, 2.05) is 31.2 Å². The Morgan fingerprint density at radius 2 is 1.83 bits per heavy atom. The van der Waals surface area contributed by atoms with Gasteiger partial charge in [-0.25, -0.2) is 24.5 Å². The van der Waals surface area contributed by atoms with Gasteiger partial charge in [-0.05, 0) is 45.4 Å². The maximum absolute atomic E-state index is 13.1. The zero-order valence-electron chi connectivity index (χ0n) is 20.9. The Balaban J connectivity index is 1.87. The second-order valence-corrected chi connectivity index (χ2v) is 9.07. The van der Waals surface area contributed by atoms with E-state index in [9.17, 15) is 14.4 Å². The van der Waals surface area contributed by atoms with E-state index >= 15 is 0 Å². The number of pyridine rings is 1. The van der Waals surface area contributed by atoms with E-state index in [1.165, 1.54) is 18.3 Å². The molecule has 0 aliphatic heterocycles. The molecule has 1 aromatic carbocycles. The van der Waals surface area contributed by atoms with E-state index in [2.05, 4.69) is 20.3 Å². The van der Waals surface area contributed by atoms with Crippen LogP contribution in [0.4, 0.5) is 10.5 Å². The Morgan fingerprint density at radius 1 is 1.06 bits per heavy atom. The number of methoxy groups -OCH3 is 1. The van der Waals surface area contributed by atoms with E-state index in [4.69, 9.17) is 9.47 Å². The van der Waals surface area contributed by atoms with Crippen LogP contribution in [0.5, 0.6) is 0 Å². The Kier molecular flexibility index (Phi) is 8.31. The first-order valence-electron chi connectivity index (χ1n) is 11.2. The van der Waals surface area contributed by atoms with Gasteiger partial charge >= 0.3 is 12.1 Å². The van der Waals surface area contributed by atoms with Crippen LogP contribution < -0.4 is 5.32 Å². The Morgan fingerprint density at radius 3 is 2.47 bits per heavy atom. The first-order chi connectivity index (χ1) is 17.1. The van der Waals surface area contributed by atoms with Crippen molar-refractivity contribution in [3.05, 3.63) is 72.1 Å². The zero-order chi connectivity index (χ0) is 26.3. The number of nitrogens with zero attached hydrogens (tertiary/aromatic N) is 4. The van der Waals surface area contributed by atoms with Gasteiger partial charge in [-0.2, -0.15) is 0 Å². The van der Waals surface area contributed by atoms with Gasteiger partial charge < -0.3 is 14.8 Å². The number of hydrogen-bond donors (Lipinski definition) is 1. The lowest BCUT2D eigenvalue weighted by molar-refractivity contribution is -0.117. The van der Waals surface area contributed by atoms with Crippen molar-refractivity contribution in [1.29, 1.82) is 0 Å². The molecule has 0 saturated carbocycles. The minimum atomic E-state index is -0.762. The molecular formula is C26H29N5O5. The molecule has 0 fully saturated rings. The number of aromatic nitrogens is 3. The molecule has 10 nitrogen and oxygen atoms in total. The predicted octanol–water partition coefficient (Wildman–Crippen LogP) is 4.01. The predicted molar refractivity (Wildman–Crippen MR) is 133 cm³/mol. The van der Waals surface area contributed by atoms with Crippen molar-refractivity contribution in [2.45, 2.75) is 39.8 Å². The molecule has 2 heterocycles. The van der Waals surface area contributed by atoms with Crippen molar-refractivity contribution in [2.75, 3.05) is 19.0 Å². The fourth-order valence-corrected chi connectivity index (χ4v) is 3.28. The van der Waals surface area contributed by atoms with Crippen LogP contribution in [0.15, 0.2) is 55.1 Å². The molecule has 1 N–H and O–H groups in total. The standard InChI is InChI=1S/C26H29N5O5/c1-17-7-6-8-18(11-17)19-12-21(23(28-13-19)24(33)35-5)30-22(32)15-31(25(34)36-26(2,3)4)14-20-9-10-27-16-29-20/h6-13,16H,14-15H2,1-5H3,(H,30,32). The number of benzene rings is 1. The second kappa shape index (κ2) is 11.4. The van der Waals surface area contributed by atoms with Gasteiger partial charge in [0.2, 0.25) is 5.91 Å². The van der Waals surface area contributed by atoms with Crippen LogP contribution in [-0.2, 0) is 20.8 Å². The van der Waals surface area contributed by atoms with Gasteiger partial charge in [0.25, 0.3) is 0 Å². The van der Waals surface area contributed by atoms with Gasteiger partial charge in [-0.15, -0.1) is 0 Å². The summed E-state index contributed by atoms with van der Waals surface area (Å²) in [5, 5.41) is 2.70. The Labute approximate surface area is 209 Å². The SMILES string of the molecule is COC(=O)c1ncc(-c2cccc(C)c2)cc1NC(=O)CN(Cc1ccncn1)C(=O)OC(C)(C)C. The molecule has 3 aromatic rings. The summed E-state index contributed by atoms with van der Waals surface area (Å²) in [4.78, 5) is 51.7. The molecule has 0 saturated heterocycles. The number of carbonyl (C=O) groups excluding carboxylic acids is 3. The molecule has 0 unspecified atom stereocenters. The normalized spacial score (nSPS) is 10.9. The molecule has 0 aliphatic rings. The number of aryl methyl sites for hydroxylation is 1. The molecule has 0 radical (unpaired) electrons. The lowest BCUT2D eigenvalue weighted by atomic mass is 10.0. The van der Waals surface area contributed by atoms with Gasteiger partial charge in [-0.3, -0.25) is 9.69 Å². The summed E-state index contributed by atoms with van der Waals surface area (Å²) in [6.07, 6.45) is 3.75. The third-order valence-electron chi connectivity index (χ3n) is 4.87. The second-order valence-electron chi connectivity index (χ2n) is 9.07. The first-order valence-corrected chi connectivity index (χ1v) is 11.2. The average Bonchev–Trinajstić information content (AvgIpc) is 2.82. The summed E-state index contributed by atoms with van der Waals surface area (Å²) in [5.41, 5.74) is 2.50. The Bertz CT molecular complexity index is 1240. The third kappa shape index (κ3) is 7.33. The van der Waals surface area contributed by atoms with E-state index in [0.717, 1.165) is 11.1 Å². The van der Waals surface area contributed by atoms with E-state index in [0.29, 0.717) is 11.3 Å². The molecule has 0 atom stereocenters. The van der Waals surface area contributed by atoms with Crippen molar-refractivity contribution < 1.29 is 23.9 Å². The number of hydrogen-bond acceptors (Lipinski definition) is 8. The lowest BCUT2D eigenvalue weighted by Crippen LogP contribution is -2.41. The molecule has 2 amide bonds. The number of ether oxygens (including phenoxy) is 2. The highest BCUT2D eigenvalue weighted by Crippen LogP contribution is 2.25. The highest BCUT2D eigenvalue weighted by Gasteiger charge is 2.26. The van der Waals surface area contributed by atoms with Crippen LogP contribution >= 0.6 is 0 Å². The number of carbonyl (C=O) groups is 3. The molecule has 2 aromatic heterocycles. The smallest absolute Gasteiger partial charge is 0.411 e. The lowest BCUT2D eigenvalue weighted by Gasteiger charge is -2.27. The number of anilines is 1. The van der Waals surface area contributed by atoms with Gasteiger partial charge in [0.05, 0.1) is 25.0 Å². The minimum Gasteiger partial charge on any atom is -0.464 e. The summed E-state index contributed by atoms with van der Waals surface area (Å²) in [7, 11) is 1.23. The number of esters is 1. The maximum Gasteiger partial charge on any atom is 0.411 e. The van der Waals surface area contributed by atoms with Crippen LogP contribution in [0.3, 0.4) is 0 Å². The van der Waals surface area contributed by atoms with E-state index in [-0.39, 0.29) is 24.5 Å². The van der Waals surface area contributed by atoms with Crippen molar-refractivity contribution >= 4 is 23.7 Å². The van der Waals surface area contributed by atoms with Crippen molar-refractivity contribution in [2.24, 2.45) is 0 Å². The first kappa shape index (κ1) is 26.3. The molecule has 188 valence electrons. The van der Waals surface area contributed by atoms with Gasteiger partial charge in [0.15, 0.2) is 5.69 Å². The van der Waals surface area contributed by atoms with E-state index < -0.39 is 23.6 Å². The van der Waals surface area contributed by atoms with Crippen molar-refractivity contribution in [3.8, 4) is 11.1 Å². The summed E-state index contributed by atoms with van der Waals surface area (Å²) in [6, 6.07) is 11.0. The molecule has 10 heteroatoms. The van der Waals surface area contributed by atoms with Gasteiger partial charge in [-0.1, -0.05) is 29.8 Å². The fraction of sp³-hybridized carbons (Fsp3) is 0.308. The van der Waals surface area contributed by atoms with Crippen LogP contribution in [-0.4, -0.2) is 57.1 Å². The summed E-state index contributed by atoms with van der Waals surface area (Å²) in [5.74, 6) is -1.26.